The lowest BCUT2D eigenvalue weighted by Crippen LogP contribution is -2.20. The van der Waals surface area contributed by atoms with Crippen LogP contribution in [0.25, 0.3) is 0 Å². The molecule has 1 amide bonds. The SMILES string of the molecule is COc1cc(NC(=O)CCOCC(F)(F)F)c(OC)cc1Cl. The Labute approximate surface area is 130 Å². The minimum Gasteiger partial charge on any atom is -0.495 e. The lowest BCUT2D eigenvalue weighted by Gasteiger charge is -2.13. The lowest BCUT2D eigenvalue weighted by atomic mass is 10.2. The van der Waals surface area contributed by atoms with E-state index in [0.29, 0.717) is 22.2 Å². The number of amides is 1. The average molecular weight is 342 g/mol. The molecule has 9 heteroatoms. The maximum atomic E-state index is 11.9. The topological polar surface area (TPSA) is 56.8 Å². The highest BCUT2D eigenvalue weighted by atomic mass is 35.5. The van der Waals surface area contributed by atoms with Crippen molar-refractivity contribution in [1.82, 2.24) is 0 Å². The van der Waals surface area contributed by atoms with Gasteiger partial charge in [0.15, 0.2) is 0 Å². The van der Waals surface area contributed by atoms with Gasteiger partial charge in [-0.15, -0.1) is 0 Å². The highest BCUT2D eigenvalue weighted by molar-refractivity contribution is 6.32. The fraction of sp³-hybridized carbons (Fsp3) is 0.462. The van der Waals surface area contributed by atoms with Gasteiger partial charge in [-0.05, 0) is 0 Å². The van der Waals surface area contributed by atoms with Crippen LogP contribution in [0.15, 0.2) is 12.1 Å². The van der Waals surface area contributed by atoms with Crippen molar-refractivity contribution in [1.29, 1.82) is 0 Å². The fourth-order valence-corrected chi connectivity index (χ4v) is 1.75. The summed E-state index contributed by atoms with van der Waals surface area (Å²) in [5.41, 5.74) is 0.296. The van der Waals surface area contributed by atoms with Gasteiger partial charge in [0.25, 0.3) is 0 Å². The molecule has 0 spiro atoms. The second-order valence-corrected chi connectivity index (χ2v) is 4.56. The monoisotopic (exact) mass is 341 g/mol. The molecule has 0 heterocycles. The van der Waals surface area contributed by atoms with Gasteiger partial charge in [0.05, 0.1) is 38.0 Å². The number of halogens is 4. The summed E-state index contributed by atoms with van der Waals surface area (Å²) in [5.74, 6) is 0.103. The van der Waals surface area contributed by atoms with E-state index in [1.165, 1.54) is 26.4 Å². The summed E-state index contributed by atoms with van der Waals surface area (Å²) in [6.45, 7) is -1.74. The summed E-state index contributed by atoms with van der Waals surface area (Å²) < 4.78 is 50.1. The van der Waals surface area contributed by atoms with Crippen LogP contribution in [0.3, 0.4) is 0 Å². The molecule has 0 saturated heterocycles. The van der Waals surface area contributed by atoms with Crippen molar-refractivity contribution >= 4 is 23.2 Å². The van der Waals surface area contributed by atoms with Crippen LogP contribution < -0.4 is 14.8 Å². The van der Waals surface area contributed by atoms with E-state index in [0.717, 1.165) is 0 Å². The summed E-state index contributed by atoms with van der Waals surface area (Å²) >= 11 is 5.92. The number of carbonyl (C=O) groups excluding carboxylic acids is 1. The molecule has 0 aliphatic heterocycles. The first-order valence-corrected chi connectivity index (χ1v) is 6.50. The van der Waals surface area contributed by atoms with Crippen molar-refractivity contribution in [2.75, 3.05) is 32.8 Å². The van der Waals surface area contributed by atoms with Gasteiger partial charge in [-0.25, -0.2) is 0 Å². The molecule has 0 atom stereocenters. The van der Waals surface area contributed by atoms with Crippen LogP contribution in [0.1, 0.15) is 6.42 Å². The Balaban J connectivity index is 2.60. The van der Waals surface area contributed by atoms with Gasteiger partial charge in [0.1, 0.15) is 18.1 Å². The molecule has 0 saturated carbocycles. The molecule has 0 radical (unpaired) electrons. The molecule has 1 aromatic carbocycles. The molecule has 124 valence electrons. The fourth-order valence-electron chi connectivity index (χ4n) is 1.52. The van der Waals surface area contributed by atoms with Crippen LogP contribution in [0, 0.1) is 0 Å². The number of hydrogen-bond acceptors (Lipinski definition) is 4. The number of nitrogens with one attached hydrogen (secondary N) is 1. The van der Waals surface area contributed by atoms with Gasteiger partial charge in [-0.2, -0.15) is 13.2 Å². The number of ether oxygens (including phenoxy) is 3. The standard InChI is InChI=1S/C13H15ClF3NO4/c1-20-10-6-9(11(21-2)5-8(10)14)18-12(19)3-4-22-7-13(15,16)17/h5-6H,3-4,7H2,1-2H3,(H,18,19). The normalized spacial score (nSPS) is 11.2. The molecule has 1 aromatic rings. The third-order valence-electron chi connectivity index (χ3n) is 2.49. The number of hydrogen-bond donors (Lipinski definition) is 1. The summed E-state index contributed by atoms with van der Waals surface area (Å²) in [6.07, 6.45) is -4.65. The maximum absolute atomic E-state index is 11.9. The zero-order chi connectivity index (χ0) is 16.8. The minimum absolute atomic E-state index is 0.232. The summed E-state index contributed by atoms with van der Waals surface area (Å²) in [7, 11) is 2.80. The Morgan fingerprint density at radius 1 is 1.23 bits per heavy atom. The Morgan fingerprint density at radius 3 is 2.41 bits per heavy atom. The van der Waals surface area contributed by atoms with E-state index in [1.807, 2.05) is 0 Å². The molecule has 5 nitrogen and oxygen atoms in total. The van der Waals surface area contributed by atoms with E-state index in [-0.39, 0.29) is 13.0 Å². The van der Waals surface area contributed by atoms with E-state index in [9.17, 15) is 18.0 Å². The number of anilines is 1. The molecule has 0 aliphatic rings. The summed E-state index contributed by atoms with van der Waals surface area (Å²) in [4.78, 5) is 11.7. The second kappa shape index (κ2) is 8.09. The van der Waals surface area contributed by atoms with Crippen molar-refractivity contribution in [3.8, 4) is 11.5 Å². The van der Waals surface area contributed by atoms with E-state index in [1.54, 1.807) is 0 Å². The third-order valence-corrected chi connectivity index (χ3v) is 2.78. The molecule has 0 fully saturated rings. The molecule has 1 rings (SSSR count). The zero-order valence-corrected chi connectivity index (χ0v) is 12.7. The average Bonchev–Trinajstić information content (AvgIpc) is 2.44. The van der Waals surface area contributed by atoms with Gasteiger partial charge in [0, 0.05) is 12.1 Å². The Kier molecular flexibility index (Phi) is 6.76. The molecular formula is C13H15ClF3NO4. The van der Waals surface area contributed by atoms with Crippen LogP contribution in [0.5, 0.6) is 11.5 Å². The van der Waals surface area contributed by atoms with Crippen molar-refractivity contribution < 1.29 is 32.2 Å². The first kappa shape index (κ1) is 18.4. The maximum Gasteiger partial charge on any atom is 0.411 e. The third kappa shape index (κ3) is 5.98. The lowest BCUT2D eigenvalue weighted by molar-refractivity contribution is -0.174. The number of methoxy groups -OCH3 is 2. The predicted molar refractivity (Wildman–Crippen MR) is 74.7 cm³/mol. The van der Waals surface area contributed by atoms with Crippen molar-refractivity contribution in [2.45, 2.75) is 12.6 Å². The molecule has 0 aliphatic carbocycles. The van der Waals surface area contributed by atoms with E-state index < -0.39 is 18.7 Å². The first-order valence-electron chi connectivity index (χ1n) is 6.12. The highest BCUT2D eigenvalue weighted by Crippen LogP contribution is 2.35. The van der Waals surface area contributed by atoms with Crippen molar-refractivity contribution in [3.63, 3.8) is 0 Å². The largest absolute Gasteiger partial charge is 0.495 e. The molecule has 1 N–H and O–H groups in total. The highest BCUT2D eigenvalue weighted by Gasteiger charge is 2.27. The minimum atomic E-state index is -4.41. The smallest absolute Gasteiger partial charge is 0.411 e. The number of benzene rings is 1. The number of rotatable bonds is 7. The Morgan fingerprint density at radius 2 is 1.86 bits per heavy atom. The van der Waals surface area contributed by atoms with Gasteiger partial charge in [-0.3, -0.25) is 4.79 Å². The van der Waals surface area contributed by atoms with Gasteiger partial charge < -0.3 is 19.5 Å². The molecule has 22 heavy (non-hydrogen) atoms. The van der Waals surface area contributed by atoms with E-state index in [2.05, 4.69) is 10.1 Å². The van der Waals surface area contributed by atoms with Crippen LogP contribution in [-0.2, 0) is 9.53 Å². The quantitative estimate of drug-likeness (QED) is 0.773. The second-order valence-electron chi connectivity index (χ2n) is 4.15. The Hall–Kier alpha value is -1.67. The van der Waals surface area contributed by atoms with Gasteiger partial charge in [0.2, 0.25) is 5.91 Å². The van der Waals surface area contributed by atoms with Crippen LogP contribution >= 0.6 is 11.6 Å². The molecular weight excluding hydrogens is 327 g/mol. The van der Waals surface area contributed by atoms with Gasteiger partial charge >= 0.3 is 6.18 Å². The summed E-state index contributed by atoms with van der Waals surface area (Å²) in [5, 5.41) is 2.79. The summed E-state index contributed by atoms with van der Waals surface area (Å²) in [6, 6.07) is 2.91. The van der Waals surface area contributed by atoms with Crippen LogP contribution in [0.2, 0.25) is 5.02 Å². The van der Waals surface area contributed by atoms with E-state index >= 15 is 0 Å². The first-order chi connectivity index (χ1) is 10.3. The van der Waals surface area contributed by atoms with Crippen LogP contribution in [0.4, 0.5) is 18.9 Å². The molecule has 0 bridgehead atoms. The number of alkyl halides is 3. The Bertz CT molecular complexity index is 523. The molecule has 0 aromatic heterocycles. The van der Waals surface area contributed by atoms with Crippen LogP contribution in [-0.4, -0.2) is 39.5 Å². The predicted octanol–water partition coefficient (Wildman–Crippen LogP) is 3.26. The molecule has 0 unspecified atom stereocenters. The van der Waals surface area contributed by atoms with E-state index in [4.69, 9.17) is 21.1 Å². The van der Waals surface area contributed by atoms with Crippen molar-refractivity contribution in [2.24, 2.45) is 0 Å². The van der Waals surface area contributed by atoms with Crippen molar-refractivity contribution in [3.05, 3.63) is 17.2 Å². The van der Waals surface area contributed by atoms with Gasteiger partial charge in [-0.1, -0.05) is 11.6 Å². The number of carbonyl (C=O) groups is 1. The zero-order valence-electron chi connectivity index (χ0n) is 11.9.